The maximum Gasteiger partial charge on any atom is 0.343 e. The van der Waals surface area contributed by atoms with Crippen LogP contribution in [-0.4, -0.2) is 11.4 Å². The second-order valence-electron chi connectivity index (χ2n) is 24.8. The molecule has 0 N–H and O–H groups in total. The average molecular weight is 919 g/mol. The number of thiophene rings is 2. The van der Waals surface area contributed by atoms with Crippen LogP contribution in [-0.2, 0) is 27.1 Å². The second-order valence-corrected chi connectivity index (χ2v) is 26.9. The molecule has 2 nitrogen and oxygen atoms in total. The van der Waals surface area contributed by atoms with Crippen LogP contribution >= 0.6 is 22.7 Å². The third kappa shape index (κ3) is 5.20. The molecule has 0 unspecified atom stereocenters. The van der Waals surface area contributed by atoms with Gasteiger partial charge in [-0.2, -0.15) is 0 Å². The molecule has 0 radical (unpaired) electrons. The maximum absolute atomic E-state index is 2.82. The van der Waals surface area contributed by atoms with Crippen molar-refractivity contribution in [1.29, 1.82) is 0 Å². The number of rotatable bonds is 1. The minimum Gasteiger partial charge on any atom is -0.376 e. The molecule has 68 heavy (non-hydrogen) atoms. The van der Waals surface area contributed by atoms with Gasteiger partial charge in [-0.05, 0) is 145 Å². The standard InChI is InChI=1S/C63H59BN2S2/c1-59(2,3)34-21-24-36(25-22-34)66-47-31-39-37-17-14-16-20-48(37)67-50(39)32-41(47)52-51-38-18-13-15-19-43(38)63(11,12)54(51)53-40-30-44-45(62(9,10)28-27-61(44,7)8)33-46(40)65-56-42-29-35(60(4,5)6)23-26-49(42)68-58(56)64(66)55(52)57(53)65/h13-26,29-33H,27-28H2,1-12H3. The molecule has 0 spiro atoms. The zero-order chi connectivity index (χ0) is 46.9. The van der Waals surface area contributed by atoms with Crippen LogP contribution in [0, 0.1) is 0 Å². The lowest BCUT2D eigenvalue weighted by Gasteiger charge is -2.42. The van der Waals surface area contributed by atoms with E-state index in [4.69, 9.17) is 0 Å². The normalized spacial score (nSPS) is 17.3. The van der Waals surface area contributed by atoms with E-state index in [0.717, 1.165) is 0 Å². The number of aromatic nitrogens is 1. The molecule has 0 bridgehead atoms. The summed E-state index contributed by atoms with van der Waals surface area (Å²) in [6, 6.07) is 46.1. The van der Waals surface area contributed by atoms with E-state index in [9.17, 15) is 0 Å². The smallest absolute Gasteiger partial charge is 0.343 e. The number of fused-ring (bicyclic) bond motifs is 19. The van der Waals surface area contributed by atoms with Crippen LogP contribution in [0.25, 0.3) is 80.0 Å². The summed E-state index contributed by atoms with van der Waals surface area (Å²) in [4.78, 5) is 2.78. The van der Waals surface area contributed by atoms with Crippen LogP contribution < -0.4 is 15.1 Å². The van der Waals surface area contributed by atoms with Crippen LogP contribution in [0.2, 0.25) is 0 Å². The van der Waals surface area contributed by atoms with E-state index in [1.165, 1.54) is 148 Å². The highest BCUT2D eigenvalue weighted by Gasteiger charge is 2.51. The van der Waals surface area contributed by atoms with Crippen molar-refractivity contribution in [3.63, 3.8) is 0 Å². The van der Waals surface area contributed by atoms with Gasteiger partial charge >= 0.3 is 6.85 Å². The van der Waals surface area contributed by atoms with Crippen molar-refractivity contribution in [3.8, 4) is 27.9 Å². The van der Waals surface area contributed by atoms with Gasteiger partial charge in [0.1, 0.15) is 0 Å². The first-order valence-corrected chi connectivity index (χ1v) is 26.6. The summed E-state index contributed by atoms with van der Waals surface area (Å²) in [5.74, 6) is 0. The molecule has 7 aromatic carbocycles. The molecule has 0 atom stereocenters. The number of hydrogen-bond donors (Lipinski definition) is 0. The van der Waals surface area contributed by atoms with Gasteiger partial charge in [0.25, 0.3) is 0 Å². The van der Waals surface area contributed by atoms with Crippen molar-refractivity contribution in [1.82, 2.24) is 4.57 Å². The average Bonchev–Trinajstić information content (AvgIpc) is 4.02. The molecular weight excluding hydrogens is 860 g/mol. The zero-order valence-electron chi connectivity index (χ0n) is 41.7. The Labute approximate surface area is 409 Å². The first-order chi connectivity index (χ1) is 32.2. The Morgan fingerprint density at radius 1 is 0.544 bits per heavy atom. The number of hydrogen-bond acceptors (Lipinski definition) is 3. The van der Waals surface area contributed by atoms with Gasteiger partial charge in [-0.1, -0.05) is 144 Å². The van der Waals surface area contributed by atoms with Crippen LogP contribution in [0.5, 0.6) is 0 Å². The molecule has 336 valence electrons. The van der Waals surface area contributed by atoms with E-state index in [1.54, 1.807) is 0 Å². The Kier molecular flexibility index (Phi) is 7.89. The van der Waals surface area contributed by atoms with Crippen molar-refractivity contribution in [2.75, 3.05) is 4.81 Å². The van der Waals surface area contributed by atoms with Gasteiger partial charge in [-0.3, -0.25) is 0 Å². The quantitative estimate of drug-likeness (QED) is 0.149. The summed E-state index contributed by atoms with van der Waals surface area (Å²) in [5.41, 5.74) is 22.4. The zero-order valence-corrected chi connectivity index (χ0v) is 43.3. The van der Waals surface area contributed by atoms with Crippen molar-refractivity contribution in [2.45, 2.75) is 123 Å². The highest BCUT2D eigenvalue weighted by Crippen LogP contribution is 2.61. The number of nitrogens with zero attached hydrogens (tertiary/aromatic N) is 2. The molecule has 0 amide bonds. The lowest BCUT2D eigenvalue weighted by molar-refractivity contribution is 0.332. The van der Waals surface area contributed by atoms with Gasteiger partial charge in [0.2, 0.25) is 0 Å². The molecule has 3 aromatic heterocycles. The Morgan fingerprint density at radius 3 is 1.94 bits per heavy atom. The fourth-order valence-electron chi connectivity index (χ4n) is 13.5. The molecule has 0 saturated heterocycles. The molecule has 2 aliphatic heterocycles. The molecule has 10 aromatic rings. The fraction of sp³-hybridized carbons (Fsp3) is 0.302. The van der Waals surface area contributed by atoms with E-state index in [-0.39, 0.29) is 33.9 Å². The minimum absolute atomic E-state index is 0.00142. The predicted molar refractivity (Wildman–Crippen MR) is 298 cm³/mol. The van der Waals surface area contributed by atoms with Gasteiger partial charge in [-0.15, -0.1) is 22.7 Å². The summed E-state index contributed by atoms with van der Waals surface area (Å²) in [6.45, 7) is 29.1. The molecule has 5 heterocycles. The van der Waals surface area contributed by atoms with Crippen LogP contribution in [0.1, 0.15) is 129 Å². The molecule has 0 saturated carbocycles. The lowest BCUT2D eigenvalue weighted by Crippen LogP contribution is -2.59. The molecular formula is C63H59BN2S2. The highest BCUT2D eigenvalue weighted by atomic mass is 32.1. The molecule has 0 fully saturated rings. The SMILES string of the molecule is CC(C)(C)c1ccc(N2B3c4sc5ccc(C(C)(C)C)cc5c4-n4c5cc6c(cc5c5c7c(c(c3c54)-c3cc4sc5ccccc5c4cc32)-c2ccccc2C7(C)C)C(C)(C)CCC6(C)C)cc1. The van der Waals surface area contributed by atoms with E-state index in [1.807, 2.05) is 22.7 Å². The molecule has 14 rings (SSSR count). The van der Waals surface area contributed by atoms with Crippen molar-refractivity contribution in [3.05, 3.63) is 149 Å². The summed E-state index contributed by atoms with van der Waals surface area (Å²) < 4.78 is 8.31. The lowest BCUT2D eigenvalue weighted by atomic mass is 9.46. The molecule has 5 heteroatoms. The van der Waals surface area contributed by atoms with Crippen molar-refractivity contribution >= 4 is 103 Å². The Balaban J connectivity index is 1.25. The molecule has 4 aliphatic rings. The van der Waals surface area contributed by atoms with E-state index in [0.29, 0.717) is 0 Å². The summed E-state index contributed by atoms with van der Waals surface area (Å²) in [6.07, 6.45) is 2.37. The first-order valence-electron chi connectivity index (χ1n) is 25.0. The Bertz CT molecular complexity index is 3910. The minimum atomic E-state index is -0.238. The van der Waals surface area contributed by atoms with E-state index < -0.39 is 0 Å². The third-order valence-corrected chi connectivity index (χ3v) is 19.6. The van der Waals surface area contributed by atoms with Gasteiger partial charge in [0.15, 0.2) is 0 Å². The van der Waals surface area contributed by atoms with Crippen molar-refractivity contribution < 1.29 is 0 Å². The second kappa shape index (κ2) is 13.0. The summed E-state index contributed by atoms with van der Waals surface area (Å²) in [5, 5.41) is 6.92. The van der Waals surface area contributed by atoms with Crippen LogP contribution in [0.15, 0.2) is 115 Å². The fourth-order valence-corrected chi connectivity index (χ4v) is 15.9. The van der Waals surface area contributed by atoms with Gasteiger partial charge in [0, 0.05) is 68.2 Å². The highest BCUT2D eigenvalue weighted by molar-refractivity contribution is 7.32. The predicted octanol–water partition coefficient (Wildman–Crippen LogP) is 16.9. The Morgan fingerprint density at radius 2 is 1.21 bits per heavy atom. The number of anilines is 2. The first kappa shape index (κ1) is 41.4. The number of benzene rings is 7. The van der Waals surface area contributed by atoms with E-state index in [2.05, 4.69) is 208 Å². The van der Waals surface area contributed by atoms with Crippen LogP contribution in [0.3, 0.4) is 0 Å². The molecule has 2 aliphatic carbocycles. The topological polar surface area (TPSA) is 8.17 Å². The largest absolute Gasteiger partial charge is 0.376 e. The maximum atomic E-state index is 2.82. The van der Waals surface area contributed by atoms with Gasteiger partial charge in [0.05, 0.1) is 16.7 Å². The van der Waals surface area contributed by atoms with Gasteiger partial charge < -0.3 is 9.38 Å². The van der Waals surface area contributed by atoms with Crippen LogP contribution in [0.4, 0.5) is 11.4 Å². The van der Waals surface area contributed by atoms with E-state index >= 15 is 0 Å². The van der Waals surface area contributed by atoms with Gasteiger partial charge in [-0.25, -0.2) is 0 Å². The summed E-state index contributed by atoms with van der Waals surface area (Å²) in [7, 11) is 0. The van der Waals surface area contributed by atoms with Crippen molar-refractivity contribution in [2.24, 2.45) is 0 Å². The summed E-state index contributed by atoms with van der Waals surface area (Å²) >= 11 is 3.97. The Hall–Kier alpha value is -5.62. The third-order valence-electron chi connectivity index (χ3n) is 17.3. The monoisotopic (exact) mass is 918 g/mol.